The SMILES string of the molecule is Cc1ccccc1C(=O)N1CCC(NC(=O)NC2CCCCC2)CC1. The summed E-state index contributed by atoms with van der Waals surface area (Å²) in [7, 11) is 0. The van der Waals surface area contributed by atoms with Crippen LogP contribution in [0.4, 0.5) is 4.79 Å². The molecule has 1 aromatic carbocycles. The molecule has 2 N–H and O–H groups in total. The van der Waals surface area contributed by atoms with Crippen LogP contribution >= 0.6 is 0 Å². The number of urea groups is 1. The van der Waals surface area contributed by atoms with Crippen LogP contribution in [0.15, 0.2) is 24.3 Å². The molecular weight excluding hydrogens is 314 g/mol. The van der Waals surface area contributed by atoms with Gasteiger partial charge in [-0.2, -0.15) is 0 Å². The third-order valence-electron chi connectivity index (χ3n) is 5.43. The van der Waals surface area contributed by atoms with Crippen molar-refractivity contribution < 1.29 is 9.59 Å². The Kier molecular flexibility index (Phi) is 5.95. The van der Waals surface area contributed by atoms with Crippen molar-refractivity contribution in [2.45, 2.75) is 64.0 Å². The van der Waals surface area contributed by atoms with E-state index in [2.05, 4.69) is 10.6 Å². The number of carbonyl (C=O) groups is 2. The number of aryl methyl sites for hydroxylation is 1. The van der Waals surface area contributed by atoms with Gasteiger partial charge < -0.3 is 15.5 Å². The van der Waals surface area contributed by atoms with Crippen LogP contribution in [0, 0.1) is 6.92 Å². The van der Waals surface area contributed by atoms with Crippen LogP contribution < -0.4 is 10.6 Å². The molecule has 3 rings (SSSR count). The second-order valence-electron chi connectivity index (χ2n) is 7.33. The zero-order valence-electron chi connectivity index (χ0n) is 15.1. The Morgan fingerprint density at radius 3 is 2.16 bits per heavy atom. The number of carbonyl (C=O) groups excluding carboxylic acids is 2. The monoisotopic (exact) mass is 343 g/mol. The number of nitrogens with zero attached hydrogens (tertiary/aromatic N) is 1. The van der Waals surface area contributed by atoms with Gasteiger partial charge in [0.15, 0.2) is 0 Å². The number of likely N-dealkylation sites (tertiary alicyclic amines) is 1. The zero-order valence-corrected chi connectivity index (χ0v) is 15.1. The smallest absolute Gasteiger partial charge is 0.315 e. The van der Waals surface area contributed by atoms with Gasteiger partial charge in [0.2, 0.25) is 0 Å². The molecular formula is C20H29N3O2. The van der Waals surface area contributed by atoms with Crippen molar-refractivity contribution in [2.24, 2.45) is 0 Å². The topological polar surface area (TPSA) is 61.4 Å². The highest BCUT2D eigenvalue weighted by molar-refractivity contribution is 5.95. The number of rotatable bonds is 3. The molecule has 1 saturated carbocycles. The zero-order chi connectivity index (χ0) is 17.6. The third kappa shape index (κ3) is 4.74. The fourth-order valence-corrected chi connectivity index (χ4v) is 3.87. The summed E-state index contributed by atoms with van der Waals surface area (Å²) in [6, 6.07) is 8.16. The van der Waals surface area contributed by atoms with E-state index in [1.165, 1.54) is 19.3 Å². The molecule has 0 atom stereocenters. The van der Waals surface area contributed by atoms with E-state index in [0.29, 0.717) is 19.1 Å². The first kappa shape index (κ1) is 17.8. The summed E-state index contributed by atoms with van der Waals surface area (Å²) in [5, 5.41) is 6.19. The summed E-state index contributed by atoms with van der Waals surface area (Å²) in [6.45, 7) is 3.36. The molecule has 0 aromatic heterocycles. The fraction of sp³-hybridized carbons (Fsp3) is 0.600. The van der Waals surface area contributed by atoms with Crippen LogP contribution in [0.3, 0.4) is 0 Å². The Bertz CT molecular complexity index is 603. The molecule has 5 nitrogen and oxygen atoms in total. The molecule has 3 amide bonds. The van der Waals surface area contributed by atoms with E-state index in [4.69, 9.17) is 0 Å². The van der Waals surface area contributed by atoms with Gasteiger partial charge in [0.05, 0.1) is 0 Å². The van der Waals surface area contributed by atoms with Gasteiger partial charge in [-0.1, -0.05) is 37.5 Å². The molecule has 0 unspecified atom stereocenters. The van der Waals surface area contributed by atoms with Gasteiger partial charge in [-0.15, -0.1) is 0 Å². The number of piperidine rings is 1. The largest absolute Gasteiger partial charge is 0.338 e. The van der Waals surface area contributed by atoms with Crippen LogP contribution in [0.1, 0.15) is 60.9 Å². The maximum absolute atomic E-state index is 12.6. The van der Waals surface area contributed by atoms with E-state index < -0.39 is 0 Å². The van der Waals surface area contributed by atoms with E-state index in [1.54, 1.807) is 0 Å². The van der Waals surface area contributed by atoms with E-state index >= 15 is 0 Å². The average Bonchev–Trinajstić information content (AvgIpc) is 2.63. The number of hydrogen-bond donors (Lipinski definition) is 2. The first-order valence-electron chi connectivity index (χ1n) is 9.55. The second-order valence-corrected chi connectivity index (χ2v) is 7.33. The Labute approximate surface area is 150 Å². The van der Waals surface area contributed by atoms with Gasteiger partial charge in [0.1, 0.15) is 0 Å². The molecule has 0 bridgehead atoms. The molecule has 1 aliphatic heterocycles. The lowest BCUT2D eigenvalue weighted by atomic mass is 9.96. The highest BCUT2D eigenvalue weighted by atomic mass is 16.2. The number of nitrogens with one attached hydrogen (secondary N) is 2. The van der Waals surface area contributed by atoms with Crippen LogP contribution in [0.2, 0.25) is 0 Å². The standard InChI is InChI=1S/C20H29N3O2/c1-15-7-5-6-10-18(15)19(24)23-13-11-17(12-14-23)22-20(25)21-16-8-3-2-4-9-16/h5-7,10,16-17H,2-4,8-9,11-14H2,1H3,(H2,21,22,25). The van der Waals surface area contributed by atoms with E-state index in [1.807, 2.05) is 36.1 Å². The minimum absolute atomic E-state index is 0.0458. The Hall–Kier alpha value is -2.04. The molecule has 5 heteroatoms. The van der Waals surface area contributed by atoms with E-state index in [9.17, 15) is 9.59 Å². The molecule has 1 heterocycles. The predicted molar refractivity (Wildman–Crippen MR) is 98.6 cm³/mol. The molecule has 1 aliphatic carbocycles. The summed E-state index contributed by atoms with van der Waals surface area (Å²) in [6.07, 6.45) is 7.53. The number of hydrogen-bond acceptors (Lipinski definition) is 2. The minimum Gasteiger partial charge on any atom is -0.338 e. The summed E-state index contributed by atoms with van der Waals surface area (Å²) < 4.78 is 0. The maximum atomic E-state index is 12.6. The van der Waals surface area contributed by atoms with Gasteiger partial charge >= 0.3 is 6.03 Å². The Morgan fingerprint density at radius 1 is 0.920 bits per heavy atom. The summed E-state index contributed by atoms with van der Waals surface area (Å²) in [4.78, 5) is 26.7. The lowest BCUT2D eigenvalue weighted by Gasteiger charge is -2.33. The third-order valence-corrected chi connectivity index (χ3v) is 5.43. The van der Waals surface area contributed by atoms with Gasteiger partial charge in [-0.05, 0) is 44.2 Å². The van der Waals surface area contributed by atoms with Crippen molar-refractivity contribution in [1.82, 2.24) is 15.5 Å². The number of amides is 3. The summed E-state index contributed by atoms with van der Waals surface area (Å²) in [5.74, 6) is 0.100. The van der Waals surface area contributed by atoms with Gasteiger partial charge in [0.25, 0.3) is 5.91 Å². The normalized spacial score (nSPS) is 19.5. The lowest BCUT2D eigenvalue weighted by molar-refractivity contribution is 0.0707. The molecule has 0 spiro atoms. The first-order valence-corrected chi connectivity index (χ1v) is 9.55. The van der Waals surface area contributed by atoms with E-state index in [0.717, 1.165) is 36.8 Å². The van der Waals surface area contributed by atoms with Crippen molar-refractivity contribution in [3.8, 4) is 0 Å². The summed E-state index contributed by atoms with van der Waals surface area (Å²) in [5.41, 5.74) is 1.79. The molecule has 1 aromatic rings. The molecule has 2 fully saturated rings. The quantitative estimate of drug-likeness (QED) is 0.885. The minimum atomic E-state index is -0.0458. The predicted octanol–water partition coefficient (Wildman–Crippen LogP) is 3.23. The molecule has 25 heavy (non-hydrogen) atoms. The first-order chi connectivity index (χ1) is 12.1. The molecule has 0 radical (unpaired) electrons. The fourth-order valence-electron chi connectivity index (χ4n) is 3.87. The molecule has 2 aliphatic rings. The van der Waals surface area contributed by atoms with Gasteiger partial charge in [0, 0.05) is 30.7 Å². The average molecular weight is 343 g/mol. The van der Waals surface area contributed by atoms with Gasteiger partial charge in [-0.3, -0.25) is 4.79 Å². The number of benzene rings is 1. The highest BCUT2D eigenvalue weighted by Crippen LogP contribution is 2.18. The van der Waals surface area contributed by atoms with Crippen LogP contribution in [0.5, 0.6) is 0 Å². The van der Waals surface area contributed by atoms with Crippen LogP contribution in [0.25, 0.3) is 0 Å². The van der Waals surface area contributed by atoms with Crippen molar-refractivity contribution in [3.63, 3.8) is 0 Å². The van der Waals surface area contributed by atoms with Crippen LogP contribution in [-0.2, 0) is 0 Å². The second kappa shape index (κ2) is 8.37. The van der Waals surface area contributed by atoms with Crippen molar-refractivity contribution >= 4 is 11.9 Å². The lowest BCUT2D eigenvalue weighted by Crippen LogP contribution is -2.51. The summed E-state index contributed by atoms with van der Waals surface area (Å²) >= 11 is 0. The van der Waals surface area contributed by atoms with Crippen molar-refractivity contribution in [1.29, 1.82) is 0 Å². The van der Waals surface area contributed by atoms with Crippen molar-refractivity contribution in [3.05, 3.63) is 35.4 Å². The van der Waals surface area contributed by atoms with Crippen molar-refractivity contribution in [2.75, 3.05) is 13.1 Å². The Morgan fingerprint density at radius 2 is 1.52 bits per heavy atom. The molecule has 136 valence electrons. The highest BCUT2D eigenvalue weighted by Gasteiger charge is 2.26. The van der Waals surface area contributed by atoms with E-state index in [-0.39, 0.29) is 18.0 Å². The van der Waals surface area contributed by atoms with Gasteiger partial charge in [-0.25, -0.2) is 4.79 Å². The van der Waals surface area contributed by atoms with Crippen LogP contribution in [-0.4, -0.2) is 42.0 Å². The maximum Gasteiger partial charge on any atom is 0.315 e. The molecule has 1 saturated heterocycles. The Balaban J connectivity index is 1.44.